The molecule has 0 aliphatic rings. The molecule has 88 valence electrons. The molecule has 0 radical (unpaired) electrons. The minimum absolute atomic E-state index is 0.257. The van der Waals surface area contributed by atoms with Gasteiger partial charge in [-0.2, -0.15) is 0 Å². The van der Waals surface area contributed by atoms with E-state index in [9.17, 15) is 0 Å². The van der Waals surface area contributed by atoms with Gasteiger partial charge in [0.15, 0.2) is 0 Å². The van der Waals surface area contributed by atoms with Gasteiger partial charge in [0.2, 0.25) is 0 Å². The molecule has 0 aliphatic heterocycles. The number of methoxy groups -OCH3 is 1. The van der Waals surface area contributed by atoms with Crippen molar-refractivity contribution in [2.45, 2.75) is 13.0 Å². The fourth-order valence-electron chi connectivity index (χ4n) is 1.78. The Kier molecular flexibility index (Phi) is 3.66. The van der Waals surface area contributed by atoms with Crippen LogP contribution in [0.3, 0.4) is 0 Å². The van der Waals surface area contributed by atoms with E-state index in [2.05, 4.69) is 36.5 Å². The summed E-state index contributed by atoms with van der Waals surface area (Å²) in [7, 11) is 1.69. The fraction of sp³-hybridized carbons (Fsp3) is 0.200. The lowest BCUT2D eigenvalue weighted by Crippen LogP contribution is -2.06. The number of para-hydroxylation sites is 1. The van der Waals surface area contributed by atoms with Gasteiger partial charge in [-0.15, -0.1) is 0 Å². The van der Waals surface area contributed by atoms with Crippen LogP contribution in [0.5, 0.6) is 5.75 Å². The van der Waals surface area contributed by atoms with Crippen molar-refractivity contribution < 1.29 is 4.74 Å². The van der Waals surface area contributed by atoms with Gasteiger partial charge in [0.05, 0.1) is 7.11 Å². The van der Waals surface area contributed by atoms with Gasteiger partial charge < -0.3 is 10.1 Å². The van der Waals surface area contributed by atoms with E-state index in [1.54, 1.807) is 7.11 Å². The number of benzene rings is 2. The molecule has 2 rings (SSSR count). The summed E-state index contributed by atoms with van der Waals surface area (Å²) >= 11 is 0. The summed E-state index contributed by atoms with van der Waals surface area (Å²) in [5.41, 5.74) is 2.34. The number of hydrogen-bond acceptors (Lipinski definition) is 2. The van der Waals surface area contributed by atoms with Gasteiger partial charge in [0.1, 0.15) is 5.75 Å². The highest BCUT2D eigenvalue weighted by Gasteiger charge is 2.05. The molecule has 1 atom stereocenters. The van der Waals surface area contributed by atoms with E-state index < -0.39 is 0 Å². The topological polar surface area (TPSA) is 21.3 Å². The molecule has 0 heterocycles. The summed E-state index contributed by atoms with van der Waals surface area (Å²) in [6, 6.07) is 18.6. The third kappa shape index (κ3) is 3.00. The molecule has 2 aromatic carbocycles. The van der Waals surface area contributed by atoms with E-state index in [-0.39, 0.29) is 6.04 Å². The number of ether oxygens (including phenoxy) is 1. The van der Waals surface area contributed by atoms with Crippen molar-refractivity contribution in [3.8, 4) is 5.75 Å². The zero-order valence-corrected chi connectivity index (χ0v) is 10.2. The summed E-state index contributed by atoms with van der Waals surface area (Å²) in [4.78, 5) is 0. The van der Waals surface area contributed by atoms with Crippen LogP contribution in [-0.4, -0.2) is 7.11 Å². The van der Waals surface area contributed by atoms with Crippen LogP contribution in [0.25, 0.3) is 0 Å². The van der Waals surface area contributed by atoms with Crippen molar-refractivity contribution in [3.05, 3.63) is 60.2 Å². The molecule has 0 spiro atoms. The van der Waals surface area contributed by atoms with Crippen LogP contribution in [0, 0.1) is 0 Å². The Balaban J connectivity index is 2.11. The number of hydrogen-bond donors (Lipinski definition) is 1. The first-order chi connectivity index (χ1) is 8.29. The first-order valence-corrected chi connectivity index (χ1v) is 5.75. The van der Waals surface area contributed by atoms with Crippen molar-refractivity contribution in [1.82, 2.24) is 0 Å². The fourth-order valence-corrected chi connectivity index (χ4v) is 1.78. The van der Waals surface area contributed by atoms with Gasteiger partial charge in [0, 0.05) is 11.7 Å². The SMILES string of the molecule is COc1cccc([C@@H](C)Nc2ccccc2)c1. The normalized spacial score (nSPS) is 11.9. The maximum atomic E-state index is 5.23. The Labute approximate surface area is 102 Å². The maximum absolute atomic E-state index is 5.23. The molecule has 0 aliphatic carbocycles. The standard InChI is InChI=1S/C15H17NO/c1-12(16-14-8-4-3-5-9-14)13-7-6-10-15(11-13)17-2/h3-12,16H,1-2H3/t12-/m1/s1. The lowest BCUT2D eigenvalue weighted by Gasteiger charge is -2.16. The molecule has 2 heteroatoms. The zero-order valence-electron chi connectivity index (χ0n) is 10.2. The Morgan fingerprint density at radius 1 is 1.00 bits per heavy atom. The molecule has 0 amide bonds. The predicted octanol–water partition coefficient (Wildman–Crippen LogP) is 3.87. The third-order valence-electron chi connectivity index (χ3n) is 2.75. The Morgan fingerprint density at radius 3 is 2.47 bits per heavy atom. The summed E-state index contributed by atoms with van der Waals surface area (Å²) in [6.45, 7) is 2.14. The minimum atomic E-state index is 0.257. The average molecular weight is 227 g/mol. The quantitative estimate of drug-likeness (QED) is 0.856. The number of rotatable bonds is 4. The molecule has 1 N–H and O–H groups in total. The number of anilines is 1. The van der Waals surface area contributed by atoms with E-state index >= 15 is 0 Å². The van der Waals surface area contributed by atoms with Crippen molar-refractivity contribution in [2.24, 2.45) is 0 Å². The first-order valence-electron chi connectivity index (χ1n) is 5.75. The summed E-state index contributed by atoms with van der Waals surface area (Å²) in [6.07, 6.45) is 0. The molecule has 0 aromatic heterocycles. The molecular weight excluding hydrogens is 210 g/mol. The van der Waals surface area contributed by atoms with Gasteiger partial charge in [0.25, 0.3) is 0 Å². The lowest BCUT2D eigenvalue weighted by atomic mass is 10.1. The van der Waals surface area contributed by atoms with E-state index in [0.717, 1.165) is 11.4 Å². The number of nitrogens with one attached hydrogen (secondary N) is 1. The molecule has 0 bridgehead atoms. The lowest BCUT2D eigenvalue weighted by molar-refractivity contribution is 0.414. The van der Waals surface area contributed by atoms with E-state index in [1.165, 1.54) is 5.56 Å². The van der Waals surface area contributed by atoms with E-state index in [1.807, 2.05) is 30.3 Å². The largest absolute Gasteiger partial charge is 0.497 e. The Morgan fingerprint density at radius 2 is 1.76 bits per heavy atom. The van der Waals surface area contributed by atoms with Crippen molar-refractivity contribution >= 4 is 5.69 Å². The molecule has 0 fully saturated rings. The second-order valence-corrected chi connectivity index (χ2v) is 4.01. The minimum Gasteiger partial charge on any atom is -0.497 e. The molecule has 17 heavy (non-hydrogen) atoms. The van der Waals surface area contributed by atoms with E-state index in [4.69, 9.17) is 4.74 Å². The smallest absolute Gasteiger partial charge is 0.119 e. The molecule has 2 aromatic rings. The first kappa shape index (κ1) is 11.5. The van der Waals surface area contributed by atoms with Gasteiger partial charge in [-0.05, 0) is 36.8 Å². The maximum Gasteiger partial charge on any atom is 0.119 e. The predicted molar refractivity (Wildman–Crippen MR) is 71.5 cm³/mol. The second-order valence-electron chi connectivity index (χ2n) is 4.01. The summed E-state index contributed by atoms with van der Waals surface area (Å²) < 4.78 is 5.23. The van der Waals surface area contributed by atoms with Crippen LogP contribution in [0.2, 0.25) is 0 Å². The monoisotopic (exact) mass is 227 g/mol. The average Bonchev–Trinajstić information content (AvgIpc) is 2.40. The van der Waals surface area contributed by atoms with Gasteiger partial charge in [-0.3, -0.25) is 0 Å². The van der Waals surface area contributed by atoms with Crippen LogP contribution < -0.4 is 10.1 Å². The van der Waals surface area contributed by atoms with Crippen LogP contribution in [0.1, 0.15) is 18.5 Å². The molecule has 0 saturated carbocycles. The summed E-state index contributed by atoms with van der Waals surface area (Å²) in [5.74, 6) is 0.893. The van der Waals surface area contributed by atoms with Crippen molar-refractivity contribution in [3.63, 3.8) is 0 Å². The highest BCUT2D eigenvalue weighted by Crippen LogP contribution is 2.22. The van der Waals surface area contributed by atoms with Crippen LogP contribution in [0.4, 0.5) is 5.69 Å². The van der Waals surface area contributed by atoms with Gasteiger partial charge in [-0.25, -0.2) is 0 Å². The zero-order chi connectivity index (χ0) is 12.1. The molecule has 0 saturated heterocycles. The van der Waals surface area contributed by atoms with Gasteiger partial charge >= 0.3 is 0 Å². The van der Waals surface area contributed by atoms with E-state index in [0.29, 0.717) is 0 Å². The molecule has 0 unspecified atom stereocenters. The summed E-state index contributed by atoms with van der Waals surface area (Å²) in [5, 5.41) is 3.45. The second kappa shape index (κ2) is 5.39. The highest BCUT2D eigenvalue weighted by atomic mass is 16.5. The van der Waals surface area contributed by atoms with Crippen molar-refractivity contribution in [2.75, 3.05) is 12.4 Å². The molecular formula is C15H17NO. The van der Waals surface area contributed by atoms with Crippen LogP contribution >= 0.6 is 0 Å². The highest BCUT2D eigenvalue weighted by molar-refractivity contribution is 5.45. The molecule has 2 nitrogen and oxygen atoms in total. The Bertz CT molecular complexity index is 467. The Hall–Kier alpha value is -1.96. The van der Waals surface area contributed by atoms with Crippen LogP contribution in [-0.2, 0) is 0 Å². The third-order valence-corrected chi connectivity index (χ3v) is 2.75. The van der Waals surface area contributed by atoms with Gasteiger partial charge in [-0.1, -0.05) is 30.3 Å². The van der Waals surface area contributed by atoms with Crippen LogP contribution in [0.15, 0.2) is 54.6 Å². The van der Waals surface area contributed by atoms with Crippen molar-refractivity contribution in [1.29, 1.82) is 0 Å².